The number of ether oxygens (including phenoxy) is 3. The second kappa shape index (κ2) is 11.8. The van der Waals surface area contributed by atoms with E-state index in [-0.39, 0.29) is 30.6 Å². The summed E-state index contributed by atoms with van der Waals surface area (Å²) >= 11 is 1.01. The molecule has 1 amide bonds. The van der Waals surface area contributed by atoms with Crippen molar-refractivity contribution >= 4 is 41.0 Å². The Morgan fingerprint density at radius 3 is 2.87 bits per heavy atom. The fraction of sp³-hybridized carbons (Fsp3) is 0.421. The molecule has 10 nitrogen and oxygen atoms in total. The van der Waals surface area contributed by atoms with Crippen molar-refractivity contribution in [2.24, 2.45) is 10.2 Å². The molecule has 2 N–H and O–H groups in total. The van der Waals surface area contributed by atoms with Gasteiger partial charge in [0.05, 0.1) is 33.0 Å². The number of methoxy groups -OCH3 is 1. The van der Waals surface area contributed by atoms with Crippen LogP contribution >= 0.6 is 11.8 Å². The van der Waals surface area contributed by atoms with Crippen molar-refractivity contribution in [1.82, 2.24) is 5.32 Å². The van der Waals surface area contributed by atoms with Crippen LogP contribution in [0.3, 0.4) is 0 Å². The average Bonchev–Trinajstić information content (AvgIpc) is 3.04. The zero-order valence-electron chi connectivity index (χ0n) is 16.6. The van der Waals surface area contributed by atoms with Crippen molar-refractivity contribution in [3.8, 4) is 11.5 Å². The van der Waals surface area contributed by atoms with Crippen LogP contribution in [0.1, 0.15) is 31.7 Å². The lowest BCUT2D eigenvalue weighted by Gasteiger charge is -2.12. The second-order valence-electron chi connectivity index (χ2n) is 5.98. The number of aliphatic carboxylic acids is 1. The third kappa shape index (κ3) is 7.07. The molecule has 1 fully saturated rings. The number of thioether (sulfide) groups is 1. The lowest BCUT2D eigenvalue weighted by molar-refractivity contribution is -0.143. The molecule has 1 heterocycles. The number of para-hydroxylation sites is 1. The highest BCUT2D eigenvalue weighted by Gasteiger charge is 2.32. The second-order valence-corrected chi connectivity index (χ2v) is 7.17. The van der Waals surface area contributed by atoms with Gasteiger partial charge in [-0.3, -0.25) is 14.4 Å². The van der Waals surface area contributed by atoms with Gasteiger partial charge in [-0.25, -0.2) is 0 Å². The minimum absolute atomic E-state index is 0.224. The molecule has 30 heavy (non-hydrogen) atoms. The Morgan fingerprint density at radius 2 is 2.17 bits per heavy atom. The van der Waals surface area contributed by atoms with E-state index in [1.54, 1.807) is 25.1 Å². The maximum absolute atomic E-state index is 11.7. The summed E-state index contributed by atoms with van der Waals surface area (Å²) in [5.74, 6) is -0.819. The SMILES string of the molecule is CCOC(=O)CCCOc1c(C=NN=C2NC(=O)C(CC(=O)O)S2)cccc1OC. The number of esters is 1. The molecule has 0 radical (unpaired) electrons. The van der Waals surface area contributed by atoms with Gasteiger partial charge in [-0.05, 0) is 25.5 Å². The van der Waals surface area contributed by atoms with Gasteiger partial charge in [0, 0.05) is 12.0 Å². The van der Waals surface area contributed by atoms with E-state index in [1.165, 1.54) is 13.3 Å². The van der Waals surface area contributed by atoms with Crippen molar-refractivity contribution in [2.75, 3.05) is 20.3 Å². The van der Waals surface area contributed by atoms with Gasteiger partial charge in [-0.15, -0.1) is 5.10 Å². The molecule has 1 aromatic carbocycles. The maximum Gasteiger partial charge on any atom is 0.305 e. The van der Waals surface area contributed by atoms with Crippen molar-refractivity contribution < 1.29 is 33.7 Å². The topological polar surface area (TPSA) is 136 Å². The molecule has 0 aliphatic carbocycles. The fourth-order valence-electron chi connectivity index (χ4n) is 2.46. The van der Waals surface area contributed by atoms with Crippen LogP contribution in [0, 0.1) is 0 Å². The van der Waals surface area contributed by atoms with E-state index in [0.717, 1.165) is 11.8 Å². The molecule has 1 aliphatic heterocycles. The van der Waals surface area contributed by atoms with E-state index in [2.05, 4.69) is 15.5 Å². The summed E-state index contributed by atoms with van der Waals surface area (Å²) in [7, 11) is 1.51. The minimum Gasteiger partial charge on any atom is -0.493 e. The Bertz CT molecular complexity index is 841. The zero-order chi connectivity index (χ0) is 21.9. The Hall–Kier alpha value is -3.08. The molecule has 0 spiro atoms. The third-order valence-corrected chi connectivity index (χ3v) is 4.86. The van der Waals surface area contributed by atoms with E-state index in [4.69, 9.17) is 19.3 Å². The van der Waals surface area contributed by atoms with Gasteiger partial charge >= 0.3 is 11.9 Å². The first-order chi connectivity index (χ1) is 14.4. The fourth-order valence-corrected chi connectivity index (χ4v) is 3.38. The van der Waals surface area contributed by atoms with Crippen molar-refractivity contribution in [1.29, 1.82) is 0 Å². The number of carbonyl (C=O) groups is 3. The predicted molar refractivity (Wildman–Crippen MR) is 111 cm³/mol. The quantitative estimate of drug-likeness (QED) is 0.232. The van der Waals surface area contributed by atoms with Crippen LogP contribution in [0.2, 0.25) is 0 Å². The molecule has 1 saturated heterocycles. The summed E-state index contributed by atoms with van der Waals surface area (Å²) in [6, 6.07) is 5.24. The lowest BCUT2D eigenvalue weighted by atomic mass is 10.2. The first-order valence-corrected chi connectivity index (χ1v) is 10.1. The van der Waals surface area contributed by atoms with E-state index in [9.17, 15) is 14.4 Å². The molecular formula is C19H23N3O7S. The van der Waals surface area contributed by atoms with Crippen LogP contribution in [0.25, 0.3) is 0 Å². The Balaban J connectivity index is 2.02. The van der Waals surface area contributed by atoms with Crippen LogP contribution < -0.4 is 14.8 Å². The maximum atomic E-state index is 11.7. The number of carbonyl (C=O) groups excluding carboxylic acids is 2. The van der Waals surface area contributed by atoms with E-state index < -0.39 is 17.1 Å². The molecule has 2 rings (SSSR count). The number of amidine groups is 1. The monoisotopic (exact) mass is 437 g/mol. The standard InChI is InChI=1S/C19H23N3O7S/c1-3-28-16(25)8-5-9-29-17-12(6-4-7-13(17)27-2)11-20-22-19-21-18(26)14(30-19)10-15(23)24/h4,6-7,11,14H,3,5,8-10H2,1-2H3,(H,23,24)(H,21,22,26). The lowest BCUT2D eigenvalue weighted by Crippen LogP contribution is -2.26. The van der Waals surface area contributed by atoms with Crippen molar-refractivity contribution in [2.45, 2.75) is 31.4 Å². The van der Waals surface area contributed by atoms with Gasteiger partial charge in [-0.2, -0.15) is 5.10 Å². The molecule has 1 atom stereocenters. The Kier molecular flexibility index (Phi) is 9.13. The number of nitrogens with zero attached hydrogens (tertiary/aromatic N) is 2. The van der Waals surface area contributed by atoms with Crippen LogP contribution in [0.15, 0.2) is 28.4 Å². The average molecular weight is 437 g/mol. The molecule has 0 saturated carbocycles. The molecule has 1 unspecified atom stereocenters. The number of rotatable bonds is 11. The summed E-state index contributed by atoms with van der Waals surface area (Å²) in [6.07, 6.45) is 1.87. The van der Waals surface area contributed by atoms with Crippen LogP contribution in [-0.4, -0.2) is 59.9 Å². The van der Waals surface area contributed by atoms with Gasteiger partial charge in [0.25, 0.3) is 0 Å². The van der Waals surface area contributed by atoms with Crippen molar-refractivity contribution in [3.05, 3.63) is 23.8 Å². The highest BCUT2D eigenvalue weighted by atomic mass is 32.2. The van der Waals surface area contributed by atoms with E-state index >= 15 is 0 Å². The largest absolute Gasteiger partial charge is 0.493 e. The molecule has 1 aliphatic rings. The Labute approximate surface area is 177 Å². The highest BCUT2D eigenvalue weighted by Crippen LogP contribution is 2.30. The summed E-state index contributed by atoms with van der Waals surface area (Å²) in [4.78, 5) is 33.9. The highest BCUT2D eigenvalue weighted by molar-refractivity contribution is 8.15. The number of hydrogen-bond acceptors (Lipinski definition) is 9. The summed E-state index contributed by atoms with van der Waals surface area (Å²) in [5.41, 5.74) is 0.589. The van der Waals surface area contributed by atoms with Gasteiger partial charge < -0.3 is 24.6 Å². The normalized spacial score (nSPS) is 17.2. The molecule has 11 heteroatoms. The van der Waals surface area contributed by atoms with Gasteiger partial charge in [0.2, 0.25) is 5.91 Å². The van der Waals surface area contributed by atoms with Crippen molar-refractivity contribution in [3.63, 3.8) is 0 Å². The predicted octanol–water partition coefficient (Wildman–Crippen LogP) is 1.81. The van der Waals surface area contributed by atoms with E-state index in [0.29, 0.717) is 30.1 Å². The summed E-state index contributed by atoms with van der Waals surface area (Å²) < 4.78 is 16.0. The van der Waals surface area contributed by atoms with Crippen LogP contribution in [-0.2, 0) is 19.1 Å². The first kappa shape index (κ1) is 23.2. The van der Waals surface area contributed by atoms with Crippen LogP contribution in [0.5, 0.6) is 11.5 Å². The smallest absolute Gasteiger partial charge is 0.305 e. The number of nitrogens with one attached hydrogen (secondary N) is 1. The number of carboxylic acids is 1. The van der Waals surface area contributed by atoms with Gasteiger partial charge in [0.1, 0.15) is 5.25 Å². The number of carboxylic acid groups (broad SMARTS) is 1. The molecule has 162 valence electrons. The summed E-state index contributed by atoms with van der Waals surface area (Å²) in [5, 5.41) is 18.7. The number of hydrogen-bond donors (Lipinski definition) is 2. The number of amides is 1. The van der Waals surface area contributed by atoms with Crippen LogP contribution in [0.4, 0.5) is 0 Å². The number of benzene rings is 1. The third-order valence-electron chi connectivity index (χ3n) is 3.79. The van der Waals surface area contributed by atoms with Gasteiger partial charge in [-0.1, -0.05) is 17.8 Å². The Morgan fingerprint density at radius 1 is 1.37 bits per heavy atom. The molecule has 0 bridgehead atoms. The first-order valence-electron chi connectivity index (χ1n) is 9.20. The molecule has 1 aromatic rings. The van der Waals surface area contributed by atoms with Gasteiger partial charge in [0.15, 0.2) is 16.7 Å². The molecule has 0 aromatic heterocycles. The molecular weight excluding hydrogens is 414 g/mol. The zero-order valence-corrected chi connectivity index (χ0v) is 17.4. The summed E-state index contributed by atoms with van der Waals surface area (Å²) in [6.45, 7) is 2.36. The minimum atomic E-state index is -1.06. The van der Waals surface area contributed by atoms with E-state index in [1.807, 2.05) is 0 Å².